The van der Waals surface area contributed by atoms with Gasteiger partial charge in [0, 0.05) is 22.6 Å². The lowest BCUT2D eigenvalue weighted by atomic mass is 10.0. The molecule has 2 rings (SSSR count). The topological polar surface area (TPSA) is 26.0 Å². The van der Waals surface area contributed by atoms with Crippen molar-refractivity contribution < 1.29 is 4.39 Å². The molecular formula is C15H22FNS. The van der Waals surface area contributed by atoms with Gasteiger partial charge in [-0.2, -0.15) is 11.8 Å². The molecule has 1 atom stereocenters. The zero-order chi connectivity index (χ0) is 13.0. The highest BCUT2D eigenvalue weighted by atomic mass is 32.2. The summed E-state index contributed by atoms with van der Waals surface area (Å²) in [6, 6.07) is 5.01. The molecule has 0 aliphatic heterocycles. The maximum Gasteiger partial charge on any atom is 0.128 e. The molecule has 0 aromatic heterocycles. The highest BCUT2D eigenvalue weighted by Crippen LogP contribution is 2.31. The first-order chi connectivity index (χ1) is 8.66. The van der Waals surface area contributed by atoms with Crippen molar-refractivity contribution in [2.24, 2.45) is 5.73 Å². The van der Waals surface area contributed by atoms with Crippen LogP contribution in [0.2, 0.25) is 0 Å². The Labute approximate surface area is 113 Å². The molecule has 0 radical (unpaired) electrons. The van der Waals surface area contributed by atoms with Gasteiger partial charge in [-0.25, -0.2) is 4.39 Å². The van der Waals surface area contributed by atoms with Crippen LogP contribution in [0, 0.1) is 12.7 Å². The largest absolute Gasteiger partial charge is 0.323 e. The number of aryl methyl sites for hydroxylation is 1. The number of halogens is 1. The minimum absolute atomic E-state index is 0.169. The Bertz CT molecular complexity index is 388. The summed E-state index contributed by atoms with van der Waals surface area (Å²) >= 11 is 1.92. The quantitative estimate of drug-likeness (QED) is 0.884. The van der Waals surface area contributed by atoms with Crippen LogP contribution in [0.5, 0.6) is 0 Å². The van der Waals surface area contributed by atoms with Crippen LogP contribution in [0.15, 0.2) is 18.2 Å². The van der Waals surface area contributed by atoms with Gasteiger partial charge in [0.15, 0.2) is 0 Å². The number of nitrogens with two attached hydrogens (primary N) is 1. The normalized spacial score (nSPS) is 18.8. The van der Waals surface area contributed by atoms with Crippen LogP contribution >= 0.6 is 11.8 Å². The lowest BCUT2D eigenvalue weighted by molar-refractivity contribution is 0.515. The van der Waals surface area contributed by atoms with Crippen LogP contribution < -0.4 is 5.73 Å². The van der Waals surface area contributed by atoms with Gasteiger partial charge in [-0.1, -0.05) is 37.0 Å². The van der Waals surface area contributed by atoms with Crippen LogP contribution in [0.3, 0.4) is 0 Å². The van der Waals surface area contributed by atoms with E-state index in [1.54, 1.807) is 6.07 Å². The minimum Gasteiger partial charge on any atom is -0.323 e. The molecule has 1 fully saturated rings. The molecule has 2 N–H and O–H groups in total. The van der Waals surface area contributed by atoms with Crippen molar-refractivity contribution in [3.05, 3.63) is 35.1 Å². The van der Waals surface area contributed by atoms with E-state index in [-0.39, 0.29) is 11.9 Å². The van der Waals surface area contributed by atoms with Crippen LogP contribution in [0.4, 0.5) is 4.39 Å². The van der Waals surface area contributed by atoms with E-state index >= 15 is 0 Å². The second-order valence-electron chi connectivity index (χ2n) is 5.22. The Morgan fingerprint density at radius 3 is 2.78 bits per heavy atom. The summed E-state index contributed by atoms with van der Waals surface area (Å²) < 4.78 is 13.7. The number of thioether (sulfide) groups is 1. The van der Waals surface area contributed by atoms with Crippen molar-refractivity contribution in [2.75, 3.05) is 5.75 Å². The summed E-state index contributed by atoms with van der Waals surface area (Å²) in [7, 11) is 0. The highest BCUT2D eigenvalue weighted by molar-refractivity contribution is 7.99. The predicted molar refractivity (Wildman–Crippen MR) is 77.4 cm³/mol. The fourth-order valence-corrected chi connectivity index (χ4v) is 3.83. The van der Waals surface area contributed by atoms with Crippen molar-refractivity contribution in [1.29, 1.82) is 0 Å². The van der Waals surface area contributed by atoms with E-state index < -0.39 is 0 Å². The Hall–Kier alpha value is -0.540. The van der Waals surface area contributed by atoms with Crippen LogP contribution in [-0.2, 0) is 0 Å². The standard InChI is InChI=1S/C15H22FNS/c1-11-7-8-14(16)13(9-11)15(17)10-18-12-5-3-2-4-6-12/h7-9,12,15H,2-6,10,17H2,1H3. The third-order valence-electron chi connectivity index (χ3n) is 3.61. The second-order valence-corrected chi connectivity index (χ2v) is 6.56. The summed E-state index contributed by atoms with van der Waals surface area (Å²) in [5.74, 6) is 0.655. The fraction of sp³-hybridized carbons (Fsp3) is 0.600. The lowest BCUT2D eigenvalue weighted by Crippen LogP contribution is -2.18. The predicted octanol–water partition coefficient (Wildman–Crippen LogP) is 4.20. The molecule has 1 aromatic carbocycles. The van der Waals surface area contributed by atoms with Gasteiger partial charge in [-0.05, 0) is 25.8 Å². The fourth-order valence-electron chi connectivity index (χ4n) is 2.51. The van der Waals surface area contributed by atoms with Gasteiger partial charge in [0.2, 0.25) is 0 Å². The molecule has 1 unspecified atom stereocenters. The van der Waals surface area contributed by atoms with Crippen molar-refractivity contribution in [1.82, 2.24) is 0 Å². The SMILES string of the molecule is Cc1ccc(F)c(C(N)CSC2CCCCC2)c1. The second kappa shape index (κ2) is 6.58. The van der Waals surface area contributed by atoms with Gasteiger partial charge in [-0.3, -0.25) is 0 Å². The third kappa shape index (κ3) is 3.72. The van der Waals surface area contributed by atoms with Crippen molar-refractivity contribution in [2.45, 2.75) is 50.3 Å². The van der Waals surface area contributed by atoms with E-state index in [1.807, 2.05) is 24.8 Å². The van der Waals surface area contributed by atoms with E-state index in [9.17, 15) is 4.39 Å². The van der Waals surface area contributed by atoms with E-state index in [4.69, 9.17) is 5.73 Å². The Morgan fingerprint density at radius 2 is 2.06 bits per heavy atom. The molecule has 0 heterocycles. The summed E-state index contributed by atoms with van der Waals surface area (Å²) in [5, 5.41) is 0.734. The molecule has 0 saturated heterocycles. The minimum atomic E-state index is -0.183. The first kappa shape index (κ1) is 13.9. The van der Waals surface area contributed by atoms with E-state index in [0.717, 1.165) is 16.6 Å². The lowest BCUT2D eigenvalue weighted by Gasteiger charge is -2.23. The van der Waals surface area contributed by atoms with E-state index in [0.29, 0.717) is 5.56 Å². The van der Waals surface area contributed by atoms with Crippen molar-refractivity contribution >= 4 is 11.8 Å². The maximum atomic E-state index is 13.7. The highest BCUT2D eigenvalue weighted by Gasteiger charge is 2.17. The van der Waals surface area contributed by atoms with Gasteiger partial charge < -0.3 is 5.73 Å². The monoisotopic (exact) mass is 267 g/mol. The van der Waals surface area contributed by atoms with Gasteiger partial charge in [-0.15, -0.1) is 0 Å². The van der Waals surface area contributed by atoms with Crippen LogP contribution in [-0.4, -0.2) is 11.0 Å². The molecule has 0 bridgehead atoms. The molecule has 0 amide bonds. The Kier molecular flexibility index (Phi) is 5.07. The maximum absolute atomic E-state index is 13.7. The molecule has 1 nitrogen and oxygen atoms in total. The third-order valence-corrected chi connectivity index (χ3v) is 5.11. The number of rotatable bonds is 4. The first-order valence-corrected chi connectivity index (χ1v) is 7.85. The molecular weight excluding hydrogens is 245 g/mol. The molecule has 0 spiro atoms. The van der Waals surface area contributed by atoms with Crippen LogP contribution in [0.1, 0.15) is 49.3 Å². The zero-order valence-electron chi connectivity index (χ0n) is 11.0. The van der Waals surface area contributed by atoms with Gasteiger partial charge in [0.05, 0.1) is 0 Å². The summed E-state index contributed by atoms with van der Waals surface area (Å²) in [6.07, 6.45) is 6.65. The van der Waals surface area contributed by atoms with Gasteiger partial charge in [0.25, 0.3) is 0 Å². The molecule has 3 heteroatoms. The van der Waals surface area contributed by atoms with Gasteiger partial charge >= 0.3 is 0 Å². The van der Waals surface area contributed by atoms with Gasteiger partial charge in [0.1, 0.15) is 5.82 Å². The molecule has 1 aliphatic carbocycles. The average Bonchev–Trinajstić information content (AvgIpc) is 2.40. The zero-order valence-corrected chi connectivity index (χ0v) is 11.8. The summed E-state index contributed by atoms with van der Waals surface area (Å²) in [6.45, 7) is 1.98. The Balaban J connectivity index is 1.90. The molecule has 18 heavy (non-hydrogen) atoms. The number of hydrogen-bond donors (Lipinski definition) is 1. The average molecular weight is 267 g/mol. The van der Waals surface area contributed by atoms with Crippen molar-refractivity contribution in [3.8, 4) is 0 Å². The van der Waals surface area contributed by atoms with Crippen LogP contribution in [0.25, 0.3) is 0 Å². The number of hydrogen-bond acceptors (Lipinski definition) is 2. The smallest absolute Gasteiger partial charge is 0.128 e. The summed E-state index contributed by atoms with van der Waals surface area (Å²) in [4.78, 5) is 0. The molecule has 100 valence electrons. The van der Waals surface area contributed by atoms with E-state index in [1.165, 1.54) is 38.2 Å². The molecule has 1 saturated carbocycles. The molecule has 1 aliphatic rings. The summed E-state index contributed by atoms with van der Waals surface area (Å²) in [5.41, 5.74) is 7.86. The number of benzene rings is 1. The van der Waals surface area contributed by atoms with E-state index in [2.05, 4.69) is 0 Å². The first-order valence-electron chi connectivity index (χ1n) is 6.80. The Morgan fingerprint density at radius 1 is 1.33 bits per heavy atom. The molecule has 1 aromatic rings. The van der Waals surface area contributed by atoms with Crippen molar-refractivity contribution in [3.63, 3.8) is 0 Å².